The Bertz CT molecular complexity index is 459. The Morgan fingerprint density at radius 1 is 1.18 bits per heavy atom. The normalized spacial score (nSPS) is 23.9. The third kappa shape index (κ3) is 4.93. The lowest BCUT2D eigenvalue weighted by Gasteiger charge is -2.32. The number of rotatable bonds is 7. The Kier molecular flexibility index (Phi) is 6.65. The average molecular weight is 331 g/mol. The second-order valence-electron chi connectivity index (χ2n) is 6.43. The highest BCUT2D eigenvalue weighted by Gasteiger charge is 2.26. The summed E-state index contributed by atoms with van der Waals surface area (Å²) in [6.07, 6.45) is 4.90. The summed E-state index contributed by atoms with van der Waals surface area (Å²) in [7, 11) is -1.22. The molecule has 128 valence electrons. The summed E-state index contributed by atoms with van der Waals surface area (Å²) >= 11 is 0. The zero-order valence-corrected chi connectivity index (χ0v) is 14.4. The van der Waals surface area contributed by atoms with Crippen molar-refractivity contribution in [2.75, 3.05) is 45.5 Å². The molecule has 7 heteroatoms. The molecule has 0 aromatic heterocycles. The van der Waals surface area contributed by atoms with E-state index in [1.165, 1.54) is 0 Å². The van der Waals surface area contributed by atoms with E-state index in [0.717, 1.165) is 45.3 Å². The predicted molar refractivity (Wildman–Crippen MR) is 87.1 cm³/mol. The highest BCUT2D eigenvalue weighted by molar-refractivity contribution is 7.89. The van der Waals surface area contributed by atoms with Crippen LogP contribution >= 0.6 is 0 Å². The number of likely N-dealkylation sites (tertiary alicyclic amines) is 1. The standard InChI is InChI=1S/C15H29N3O3S/c1-16-12-14-6-4-8-17(13-14)15(19)7-5-11-22(20,21)18-9-2-3-10-18/h14,16H,2-13H2,1H3. The van der Waals surface area contributed by atoms with Crippen LogP contribution in [0.3, 0.4) is 0 Å². The molecule has 0 aromatic rings. The molecular formula is C15H29N3O3S. The van der Waals surface area contributed by atoms with E-state index in [1.54, 1.807) is 4.31 Å². The van der Waals surface area contributed by atoms with E-state index in [-0.39, 0.29) is 11.7 Å². The third-order valence-corrected chi connectivity index (χ3v) is 6.57. The zero-order chi connectivity index (χ0) is 16.0. The third-order valence-electron chi connectivity index (χ3n) is 4.62. The van der Waals surface area contributed by atoms with E-state index in [4.69, 9.17) is 0 Å². The van der Waals surface area contributed by atoms with Crippen LogP contribution in [0.15, 0.2) is 0 Å². The van der Waals surface area contributed by atoms with Gasteiger partial charge in [0.15, 0.2) is 0 Å². The van der Waals surface area contributed by atoms with Gasteiger partial charge < -0.3 is 10.2 Å². The SMILES string of the molecule is CNCC1CCCN(C(=O)CCCS(=O)(=O)N2CCCC2)C1. The van der Waals surface area contributed by atoms with Crippen LogP contribution in [-0.4, -0.2) is 69.1 Å². The van der Waals surface area contributed by atoms with Gasteiger partial charge >= 0.3 is 0 Å². The van der Waals surface area contributed by atoms with E-state index in [2.05, 4.69) is 5.32 Å². The van der Waals surface area contributed by atoms with Gasteiger partial charge in [-0.2, -0.15) is 0 Å². The fourth-order valence-electron chi connectivity index (χ4n) is 3.41. The largest absolute Gasteiger partial charge is 0.342 e. The van der Waals surface area contributed by atoms with Gasteiger partial charge in [-0.3, -0.25) is 4.79 Å². The number of amides is 1. The minimum absolute atomic E-state index is 0.104. The topological polar surface area (TPSA) is 69.7 Å². The first-order chi connectivity index (χ1) is 10.5. The lowest BCUT2D eigenvalue weighted by Crippen LogP contribution is -2.42. The quantitative estimate of drug-likeness (QED) is 0.744. The molecule has 0 bridgehead atoms. The number of nitrogens with zero attached hydrogens (tertiary/aromatic N) is 2. The molecule has 0 saturated carbocycles. The zero-order valence-electron chi connectivity index (χ0n) is 13.6. The minimum Gasteiger partial charge on any atom is -0.342 e. The maximum absolute atomic E-state index is 12.3. The fourth-order valence-corrected chi connectivity index (χ4v) is 4.99. The van der Waals surface area contributed by atoms with Gasteiger partial charge in [0.25, 0.3) is 0 Å². The van der Waals surface area contributed by atoms with Crippen LogP contribution in [0.5, 0.6) is 0 Å². The molecule has 0 spiro atoms. The van der Waals surface area contributed by atoms with E-state index in [0.29, 0.717) is 31.8 Å². The Morgan fingerprint density at radius 2 is 1.91 bits per heavy atom. The van der Waals surface area contributed by atoms with Crippen molar-refractivity contribution in [3.05, 3.63) is 0 Å². The molecule has 6 nitrogen and oxygen atoms in total. The predicted octanol–water partition coefficient (Wildman–Crippen LogP) is 0.650. The van der Waals surface area contributed by atoms with Gasteiger partial charge in [0, 0.05) is 32.6 Å². The molecule has 22 heavy (non-hydrogen) atoms. The smallest absolute Gasteiger partial charge is 0.222 e. The van der Waals surface area contributed by atoms with Gasteiger partial charge in [-0.25, -0.2) is 12.7 Å². The highest BCUT2D eigenvalue weighted by atomic mass is 32.2. The monoisotopic (exact) mass is 331 g/mol. The molecule has 2 aliphatic rings. The van der Waals surface area contributed by atoms with Crippen molar-refractivity contribution < 1.29 is 13.2 Å². The molecule has 2 fully saturated rings. The Hall–Kier alpha value is -0.660. The summed E-state index contributed by atoms with van der Waals surface area (Å²) < 4.78 is 25.8. The lowest BCUT2D eigenvalue weighted by atomic mass is 9.98. The molecule has 1 amide bonds. The molecule has 1 N–H and O–H groups in total. The average Bonchev–Trinajstić information content (AvgIpc) is 3.03. The van der Waals surface area contributed by atoms with Crippen molar-refractivity contribution in [3.8, 4) is 0 Å². The van der Waals surface area contributed by atoms with Crippen molar-refractivity contribution in [2.45, 2.75) is 38.5 Å². The van der Waals surface area contributed by atoms with Crippen LogP contribution in [0, 0.1) is 5.92 Å². The van der Waals surface area contributed by atoms with E-state index < -0.39 is 10.0 Å². The molecular weight excluding hydrogens is 302 g/mol. The first-order valence-corrected chi connectivity index (χ1v) is 10.0. The van der Waals surface area contributed by atoms with Crippen molar-refractivity contribution >= 4 is 15.9 Å². The van der Waals surface area contributed by atoms with Gasteiger partial charge in [-0.15, -0.1) is 0 Å². The van der Waals surface area contributed by atoms with Gasteiger partial charge in [-0.1, -0.05) is 0 Å². The van der Waals surface area contributed by atoms with E-state index >= 15 is 0 Å². The van der Waals surface area contributed by atoms with Crippen LogP contribution in [0.2, 0.25) is 0 Å². The maximum Gasteiger partial charge on any atom is 0.222 e. The molecule has 2 saturated heterocycles. The first kappa shape index (κ1) is 17.7. The van der Waals surface area contributed by atoms with Crippen LogP contribution in [0.1, 0.15) is 38.5 Å². The van der Waals surface area contributed by atoms with Crippen LogP contribution in [-0.2, 0) is 14.8 Å². The Labute approximate surface area is 134 Å². The van der Waals surface area contributed by atoms with E-state index in [9.17, 15) is 13.2 Å². The van der Waals surface area contributed by atoms with Crippen molar-refractivity contribution in [3.63, 3.8) is 0 Å². The molecule has 1 unspecified atom stereocenters. The van der Waals surface area contributed by atoms with Crippen LogP contribution in [0.25, 0.3) is 0 Å². The number of hydrogen-bond donors (Lipinski definition) is 1. The molecule has 2 heterocycles. The summed E-state index contributed by atoms with van der Waals surface area (Å²) in [4.78, 5) is 14.2. The molecule has 2 rings (SSSR count). The number of nitrogens with one attached hydrogen (secondary N) is 1. The fraction of sp³-hybridized carbons (Fsp3) is 0.933. The van der Waals surface area contributed by atoms with Crippen LogP contribution in [0.4, 0.5) is 0 Å². The molecule has 1 atom stereocenters. The highest BCUT2D eigenvalue weighted by Crippen LogP contribution is 2.18. The molecule has 0 aromatic carbocycles. The number of hydrogen-bond acceptors (Lipinski definition) is 4. The maximum atomic E-state index is 12.3. The number of carbonyl (C=O) groups is 1. The summed E-state index contributed by atoms with van der Waals surface area (Å²) in [5.41, 5.74) is 0. The number of carbonyl (C=O) groups excluding carboxylic acids is 1. The summed E-state index contributed by atoms with van der Waals surface area (Å²) in [6.45, 7) is 3.85. The van der Waals surface area contributed by atoms with Crippen LogP contribution < -0.4 is 5.32 Å². The summed E-state index contributed by atoms with van der Waals surface area (Å²) in [5, 5.41) is 3.17. The van der Waals surface area contributed by atoms with Crippen molar-refractivity contribution in [1.29, 1.82) is 0 Å². The number of sulfonamides is 1. The summed E-state index contributed by atoms with van der Waals surface area (Å²) in [6, 6.07) is 0. The van der Waals surface area contributed by atoms with Gasteiger partial charge in [0.1, 0.15) is 0 Å². The molecule has 2 aliphatic heterocycles. The van der Waals surface area contributed by atoms with Gasteiger partial charge in [-0.05, 0) is 51.6 Å². The van der Waals surface area contributed by atoms with Crippen molar-refractivity contribution in [1.82, 2.24) is 14.5 Å². The summed E-state index contributed by atoms with van der Waals surface area (Å²) in [5.74, 6) is 0.737. The minimum atomic E-state index is -3.15. The number of piperidine rings is 1. The van der Waals surface area contributed by atoms with Gasteiger partial charge in [0.2, 0.25) is 15.9 Å². The lowest BCUT2D eigenvalue weighted by molar-refractivity contribution is -0.133. The van der Waals surface area contributed by atoms with Gasteiger partial charge in [0.05, 0.1) is 5.75 Å². The van der Waals surface area contributed by atoms with Crippen molar-refractivity contribution in [2.24, 2.45) is 5.92 Å². The molecule has 0 aliphatic carbocycles. The first-order valence-electron chi connectivity index (χ1n) is 8.43. The second kappa shape index (κ2) is 8.26. The molecule has 0 radical (unpaired) electrons. The Balaban J connectivity index is 1.73. The second-order valence-corrected chi connectivity index (χ2v) is 8.52. The Morgan fingerprint density at radius 3 is 2.59 bits per heavy atom. The van der Waals surface area contributed by atoms with E-state index in [1.807, 2.05) is 11.9 Å².